The lowest BCUT2D eigenvalue weighted by Crippen LogP contribution is -2.37. The molecule has 0 saturated carbocycles. The summed E-state index contributed by atoms with van der Waals surface area (Å²) < 4.78 is 10.3. The van der Waals surface area contributed by atoms with Gasteiger partial charge >= 0.3 is 5.97 Å². The Morgan fingerprint density at radius 1 is 1.43 bits per heavy atom. The first kappa shape index (κ1) is 15.6. The Hall–Kier alpha value is -1.79. The van der Waals surface area contributed by atoms with E-state index in [9.17, 15) is 4.79 Å². The summed E-state index contributed by atoms with van der Waals surface area (Å²) in [6.45, 7) is 2.05. The van der Waals surface area contributed by atoms with Crippen LogP contribution in [0.5, 0.6) is 0 Å². The van der Waals surface area contributed by atoms with Crippen molar-refractivity contribution in [3.8, 4) is 0 Å². The van der Waals surface area contributed by atoms with Crippen LogP contribution < -0.4 is 10.6 Å². The van der Waals surface area contributed by atoms with E-state index in [1.54, 1.807) is 18.2 Å². The quantitative estimate of drug-likeness (QED) is 0.623. The van der Waals surface area contributed by atoms with E-state index >= 15 is 0 Å². The second kappa shape index (κ2) is 7.28. The smallest absolute Gasteiger partial charge is 0.337 e. The van der Waals surface area contributed by atoms with Crippen molar-refractivity contribution in [2.45, 2.75) is 18.9 Å². The van der Waals surface area contributed by atoms with Gasteiger partial charge in [0.2, 0.25) is 0 Å². The number of nitrogens with zero attached hydrogens (tertiary/aromatic N) is 1. The lowest BCUT2D eigenvalue weighted by atomic mass is 10.1. The molecule has 0 radical (unpaired) electrons. The molecule has 1 aromatic rings. The zero-order valence-electron chi connectivity index (χ0n) is 12.2. The number of carbonyl (C=O) groups is 1. The number of esters is 1. The molecule has 0 aromatic heterocycles. The molecule has 0 aliphatic carbocycles. The molecule has 1 fully saturated rings. The summed E-state index contributed by atoms with van der Waals surface area (Å²) in [5.41, 5.74) is 8.03. The maximum absolute atomic E-state index is 11.6. The summed E-state index contributed by atoms with van der Waals surface area (Å²) in [4.78, 5) is 13.8. The third-order valence-corrected chi connectivity index (χ3v) is 3.68. The van der Waals surface area contributed by atoms with Crippen molar-refractivity contribution in [2.24, 2.45) is 0 Å². The van der Waals surface area contributed by atoms with E-state index < -0.39 is 0 Å². The Bertz CT molecular complexity index is 485. The second-order valence-corrected chi connectivity index (χ2v) is 5.05. The van der Waals surface area contributed by atoms with Crippen LogP contribution in [0.2, 0.25) is 0 Å². The van der Waals surface area contributed by atoms with Gasteiger partial charge in [-0.15, -0.1) is 0 Å². The van der Waals surface area contributed by atoms with Gasteiger partial charge in [0.05, 0.1) is 43.4 Å². The van der Waals surface area contributed by atoms with Crippen LogP contribution in [0, 0.1) is 0 Å². The van der Waals surface area contributed by atoms with E-state index in [1.807, 2.05) is 0 Å². The maximum atomic E-state index is 11.6. The van der Waals surface area contributed by atoms with Crippen LogP contribution in [0.1, 0.15) is 23.2 Å². The molecule has 1 saturated heterocycles. The Morgan fingerprint density at radius 2 is 2.14 bits per heavy atom. The minimum absolute atomic E-state index is 0.0499. The van der Waals surface area contributed by atoms with Crippen LogP contribution in [0.4, 0.5) is 11.4 Å². The summed E-state index contributed by atoms with van der Waals surface area (Å²) in [7, 11) is 1.36. The number of rotatable bonds is 5. The van der Waals surface area contributed by atoms with Gasteiger partial charge in [0.1, 0.15) is 0 Å². The standard InChI is InChI=1S/C15H22N2O4/c1-20-15(19)11-2-3-13(16)14(10-11)17-6-4-12(5-7-17)21-9-8-18/h2-3,10,12,18H,4-9,16H2,1H3. The van der Waals surface area contributed by atoms with Gasteiger partial charge in [-0.05, 0) is 31.0 Å². The number of nitrogens with two attached hydrogens (primary N) is 1. The molecule has 0 unspecified atom stereocenters. The molecule has 3 N–H and O–H groups in total. The van der Waals surface area contributed by atoms with Crippen molar-refractivity contribution in [2.75, 3.05) is 44.0 Å². The average molecular weight is 294 g/mol. The minimum Gasteiger partial charge on any atom is -0.465 e. The van der Waals surface area contributed by atoms with Crippen LogP contribution in [-0.4, -0.2) is 50.6 Å². The van der Waals surface area contributed by atoms with Crippen LogP contribution in [-0.2, 0) is 9.47 Å². The van der Waals surface area contributed by atoms with Gasteiger partial charge in [0.15, 0.2) is 0 Å². The van der Waals surface area contributed by atoms with Crippen molar-refractivity contribution < 1.29 is 19.4 Å². The first-order chi connectivity index (χ1) is 10.2. The average Bonchev–Trinajstić information content (AvgIpc) is 2.53. The highest BCUT2D eigenvalue weighted by atomic mass is 16.5. The Kier molecular flexibility index (Phi) is 5.41. The normalized spacial score (nSPS) is 16.0. The third-order valence-electron chi connectivity index (χ3n) is 3.68. The predicted octanol–water partition coefficient (Wildman–Crippen LogP) is 1.03. The fraction of sp³-hybridized carbons (Fsp3) is 0.533. The van der Waals surface area contributed by atoms with E-state index in [0.717, 1.165) is 31.6 Å². The molecule has 116 valence electrons. The van der Waals surface area contributed by atoms with Crippen molar-refractivity contribution >= 4 is 17.3 Å². The highest BCUT2D eigenvalue weighted by molar-refractivity contribution is 5.92. The number of carbonyl (C=O) groups excluding carboxylic acids is 1. The first-order valence-corrected chi connectivity index (χ1v) is 7.11. The molecule has 1 aromatic carbocycles. The number of piperidine rings is 1. The summed E-state index contributed by atoms with van der Waals surface area (Å²) in [6.07, 6.45) is 1.93. The van der Waals surface area contributed by atoms with Gasteiger partial charge < -0.3 is 25.2 Å². The highest BCUT2D eigenvalue weighted by Gasteiger charge is 2.22. The molecular formula is C15H22N2O4. The second-order valence-electron chi connectivity index (χ2n) is 5.05. The SMILES string of the molecule is COC(=O)c1ccc(N)c(N2CCC(OCCO)CC2)c1. The van der Waals surface area contributed by atoms with E-state index in [4.69, 9.17) is 20.3 Å². The van der Waals surface area contributed by atoms with Crippen molar-refractivity contribution in [3.63, 3.8) is 0 Å². The maximum Gasteiger partial charge on any atom is 0.337 e. The van der Waals surface area contributed by atoms with E-state index in [0.29, 0.717) is 17.9 Å². The molecule has 21 heavy (non-hydrogen) atoms. The van der Waals surface area contributed by atoms with Crippen LogP contribution in [0.3, 0.4) is 0 Å². The van der Waals surface area contributed by atoms with Crippen LogP contribution in [0.25, 0.3) is 0 Å². The fourth-order valence-electron chi connectivity index (χ4n) is 2.55. The zero-order valence-corrected chi connectivity index (χ0v) is 12.2. The largest absolute Gasteiger partial charge is 0.465 e. The molecule has 1 heterocycles. The Balaban J connectivity index is 2.04. The molecule has 6 nitrogen and oxygen atoms in total. The lowest BCUT2D eigenvalue weighted by Gasteiger charge is -2.34. The third kappa shape index (κ3) is 3.86. The summed E-state index contributed by atoms with van der Waals surface area (Å²) in [5.74, 6) is -0.364. The number of anilines is 2. The molecule has 1 aliphatic heterocycles. The molecule has 0 spiro atoms. The molecule has 6 heteroatoms. The number of nitrogen functional groups attached to an aromatic ring is 1. The predicted molar refractivity (Wildman–Crippen MR) is 80.5 cm³/mol. The highest BCUT2D eigenvalue weighted by Crippen LogP contribution is 2.28. The molecule has 2 rings (SSSR count). The van der Waals surface area contributed by atoms with Gasteiger partial charge in [0, 0.05) is 13.1 Å². The molecule has 0 amide bonds. The molecule has 0 atom stereocenters. The van der Waals surface area contributed by atoms with E-state index in [-0.39, 0.29) is 18.7 Å². The minimum atomic E-state index is -0.364. The van der Waals surface area contributed by atoms with E-state index in [2.05, 4.69) is 4.90 Å². The van der Waals surface area contributed by atoms with Crippen molar-refractivity contribution in [1.82, 2.24) is 0 Å². The first-order valence-electron chi connectivity index (χ1n) is 7.11. The van der Waals surface area contributed by atoms with E-state index in [1.165, 1.54) is 7.11 Å². The number of aliphatic hydroxyl groups excluding tert-OH is 1. The van der Waals surface area contributed by atoms with Gasteiger partial charge in [-0.3, -0.25) is 0 Å². The molecular weight excluding hydrogens is 272 g/mol. The van der Waals surface area contributed by atoms with Gasteiger partial charge in [-0.1, -0.05) is 0 Å². The Morgan fingerprint density at radius 3 is 2.76 bits per heavy atom. The van der Waals surface area contributed by atoms with Crippen LogP contribution in [0.15, 0.2) is 18.2 Å². The number of ether oxygens (including phenoxy) is 2. The monoisotopic (exact) mass is 294 g/mol. The summed E-state index contributed by atoms with van der Waals surface area (Å²) in [5, 5.41) is 8.77. The Labute approximate surface area is 124 Å². The zero-order chi connectivity index (χ0) is 15.2. The number of aliphatic hydroxyl groups is 1. The number of hydrogen-bond acceptors (Lipinski definition) is 6. The van der Waals surface area contributed by atoms with Crippen molar-refractivity contribution in [1.29, 1.82) is 0 Å². The topological polar surface area (TPSA) is 85.0 Å². The number of benzene rings is 1. The molecule has 0 bridgehead atoms. The summed E-state index contributed by atoms with van der Waals surface area (Å²) >= 11 is 0. The molecule has 1 aliphatic rings. The van der Waals surface area contributed by atoms with Gasteiger partial charge in [-0.25, -0.2) is 4.79 Å². The summed E-state index contributed by atoms with van der Waals surface area (Å²) in [6, 6.07) is 5.17. The number of methoxy groups -OCH3 is 1. The van der Waals surface area contributed by atoms with Gasteiger partial charge in [-0.2, -0.15) is 0 Å². The number of hydrogen-bond donors (Lipinski definition) is 2. The fourth-order valence-corrected chi connectivity index (χ4v) is 2.55. The van der Waals surface area contributed by atoms with Crippen LogP contribution >= 0.6 is 0 Å². The van der Waals surface area contributed by atoms with Gasteiger partial charge in [0.25, 0.3) is 0 Å². The van der Waals surface area contributed by atoms with Crippen molar-refractivity contribution in [3.05, 3.63) is 23.8 Å². The lowest BCUT2D eigenvalue weighted by molar-refractivity contribution is 0.0159.